The number of aromatic hydroxyl groups is 1. The zero-order chi connectivity index (χ0) is 18.1. The predicted octanol–water partition coefficient (Wildman–Crippen LogP) is 2.68. The van der Waals surface area contributed by atoms with Crippen LogP contribution in [0.4, 0.5) is 0 Å². The molecule has 0 heterocycles. The first kappa shape index (κ1) is 18.1. The Morgan fingerprint density at radius 1 is 1.24 bits per heavy atom. The molecule has 130 valence electrons. The van der Waals surface area contributed by atoms with E-state index in [0.29, 0.717) is 11.1 Å². The molecule has 2 rings (SSSR count). The number of likely N-dealkylation sites (N-methyl/N-ethyl adjacent to an activating group) is 1. The summed E-state index contributed by atoms with van der Waals surface area (Å²) in [6, 6.07) is 14.0. The summed E-state index contributed by atoms with van der Waals surface area (Å²) in [5, 5.41) is 15.9. The van der Waals surface area contributed by atoms with E-state index in [-0.39, 0.29) is 18.3 Å². The molecular weight excluding hydrogens is 320 g/mol. The minimum Gasteiger partial charge on any atom is -0.508 e. The lowest BCUT2D eigenvalue weighted by atomic mass is 10.0. The van der Waals surface area contributed by atoms with E-state index in [0.717, 1.165) is 11.1 Å². The maximum Gasteiger partial charge on any atom is 0.254 e. The van der Waals surface area contributed by atoms with Gasteiger partial charge in [-0.2, -0.15) is 0 Å². The summed E-state index contributed by atoms with van der Waals surface area (Å²) >= 11 is 0. The highest BCUT2D eigenvalue weighted by Crippen LogP contribution is 2.20. The molecule has 2 aromatic carbocycles. The number of carbonyl (C=O) groups excluding carboxylic acids is 1. The second kappa shape index (κ2) is 9.12. The first-order chi connectivity index (χ1) is 12.2. The highest BCUT2D eigenvalue weighted by atomic mass is 16.6. The van der Waals surface area contributed by atoms with Crippen LogP contribution in [0, 0.1) is 0 Å². The van der Waals surface area contributed by atoms with Crippen molar-refractivity contribution in [3.05, 3.63) is 71.5 Å². The standard InChI is InChI=1S/C19H20N2O4/c1-20-19(23)18(13-24-2)17-9-4-3-7-15(17)12-25-21-11-14-6-5-8-16(22)10-14/h3-11,13,22H,12H2,1-2H3,(H,20,23). The molecule has 2 aromatic rings. The molecule has 0 saturated heterocycles. The number of hydrogen-bond acceptors (Lipinski definition) is 5. The summed E-state index contributed by atoms with van der Waals surface area (Å²) in [4.78, 5) is 17.4. The van der Waals surface area contributed by atoms with Crippen molar-refractivity contribution >= 4 is 17.7 Å². The van der Waals surface area contributed by atoms with Crippen molar-refractivity contribution in [1.29, 1.82) is 0 Å². The molecular formula is C19H20N2O4. The number of hydrogen-bond donors (Lipinski definition) is 2. The molecule has 25 heavy (non-hydrogen) atoms. The molecule has 0 radical (unpaired) electrons. The summed E-state index contributed by atoms with van der Waals surface area (Å²) in [7, 11) is 3.05. The topological polar surface area (TPSA) is 80.2 Å². The lowest BCUT2D eigenvalue weighted by Crippen LogP contribution is -2.20. The maximum absolute atomic E-state index is 12.0. The Balaban J connectivity index is 2.12. The third-order valence-electron chi connectivity index (χ3n) is 3.38. The van der Waals surface area contributed by atoms with Gasteiger partial charge in [0.1, 0.15) is 12.4 Å². The molecule has 0 saturated carbocycles. The van der Waals surface area contributed by atoms with Crippen molar-refractivity contribution in [2.24, 2.45) is 5.16 Å². The number of phenols is 1. The van der Waals surface area contributed by atoms with Gasteiger partial charge in [0.05, 0.1) is 25.2 Å². The quantitative estimate of drug-likeness (QED) is 0.351. The minimum atomic E-state index is -0.252. The van der Waals surface area contributed by atoms with Gasteiger partial charge in [-0.3, -0.25) is 4.79 Å². The first-order valence-electron chi connectivity index (χ1n) is 7.63. The van der Waals surface area contributed by atoms with Gasteiger partial charge in [-0.15, -0.1) is 0 Å². The number of phenolic OH excluding ortho intramolecular Hbond substituents is 1. The Kier molecular flexibility index (Phi) is 6.59. The lowest BCUT2D eigenvalue weighted by Gasteiger charge is -2.11. The van der Waals surface area contributed by atoms with E-state index in [1.165, 1.54) is 19.6 Å². The summed E-state index contributed by atoms with van der Waals surface area (Å²) in [5.41, 5.74) is 2.62. The van der Waals surface area contributed by atoms with E-state index in [1.807, 2.05) is 24.3 Å². The SMILES string of the molecule is CNC(=O)C(=COC)c1ccccc1CON=Cc1cccc(O)c1. The van der Waals surface area contributed by atoms with Crippen LogP contribution in [0.15, 0.2) is 59.9 Å². The van der Waals surface area contributed by atoms with Crippen LogP contribution in [0.3, 0.4) is 0 Å². The Bertz CT molecular complexity index is 784. The number of nitrogens with one attached hydrogen (secondary N) is 1. The van der Waals surface area contributed by atoms with Crippen LogP contribution in [0.5, 0.6) is 5.75 Å². The Morgan fingerprint density at radius 2 is 2.04 bits per heavy atom. The van der Waals surface area contributed by atoms with Gasteiger partial charge < -0.3 is 20.0 Å². The molecule has 0 fully saturated rings. The van der Waals surface area contributed by atoms with Gasteiger partial charge in [0.15, 0.2) is 0 Å². The second-order valence-electron chi connectivity index (χ2n) is 5.11. The van der Waals surface area contributed by atoms with Crippen LogP contribution >= 0.6 is 0 Å². The highest BCUT2D eigenvalue weighted by molar-refractivity contribution is 6.19. The molecule has 0 aliphatic carbocycles. The smallest absolute Gasteiger partial charge is 0.254 e. The van der Waals surface area contributed by atoms with Gasteiger partial charge >= 0.3 is 0 Å². The molecule has 6 heteroatoms. The molecule has 0 aliphatic rings. The van der Waals surface area contributed by atoms with E-state index in [9.17, 15) is 9.90 Å². The molecule has 6 nitrogen and oxygen atoms in total. The molecule has 0 aliphatic heterocycles. The summed E-state index contributed by atoms with van der Waals surface area (Å²) in [6.45, 7) is 0.184. The number of methoxy groups -OCH3 is 1. The summed E-state index contributed by atoms with van der Waals surface area (Å²) in [5.74, 6) is -0.0909. The van der Waals surface area contributed by atoms with Gasteiger partial charge in [0, 0.05) is 12.6 Å². The minimum absolute atomic E-state index is 0.161. The number of carbonyl (C=O) groups is 1. The number of rotatable bonds is 7. The van der Waals surface area contributed by atoms with Crippen molar-refractivity contribution in [2.75, 3.05) is 14.2 Å². The van der Waals surface area contributed by atoms with E-state index >= 15 is 0 Å². The number of benzene rings is 2. The van der Waals surface area contributed by atoms with E-state index in [1.54, 1.807) is 31.3 Å². The summed E-state index contributed by atoms with van der Waals surface area (Å²) in [6.07, 6.45) is 2.90. The fourth-order valence-corrected chi connectivity index (χ4v) is 2.21. The lowest BCUT2D eigenvalue weighted by molar-refractivity contribution is -0.115. The fraction of sp³-hybridized carbons (Fsp3) is 0.158. The summed E-state index contributed by atoms with van der Waals surface area (Å²) < 4.78 is 5.01. The van der Waals surface area contributed by atoms with Gasteiger partial charge in [0.2, 0.25) is 0 Å². The average Bonchev–Trinajstić information content (AvgIpc) is 2.63. The number of oxime groups is 1. The Morgan fingerprint density at radius 3 is 2.76 bits per heavy atom. The van der Waals surface area contributed by atoms with Crippen molar-refractivity contribution in [3.8, 4) is 5.75 Å². The average molecular weight is 340 g/mol. The molecule has 0 atom stereocenters. The molecule has 0 bridgehead atoms. The van der Waals surface area contributed by atoms with Gasteiger partial charge in [0.25, 0.3) is 5.91 Å². The number of ether oxygens (including phenoxy) is 1. The molecule has 0 spiro atoms. The van der Waals surface area contributed by atoms with E-state index < -0.39 is 0 Å². The zero-order valence-electron chi connectivity index (χ0n) is 14.1. The molecule has 0 aromatic heterocycles. The van der Waals surface area contributed by atoms with Gasteiger partial charge in [-0.05, 0) is 23.3 Å². The van der Waals surface area contributed by atoms with E-state index in [4.69, 9.17) is 9.57 Å². The van der Waals surface area contributed by atoms with E-state index in [2.05, 4.69) is 10.5 Å². The van der Waals surface area contributed by atoms with Crippen molar-refractivity contribution in [1.82, 2.24) is 5.32 Å². The molecule has 1 amide bonds. The van der Waals surface area contributed by atoms with Crippen molar-refractivity contribution in [3.63, 3.8) is 0 Å². The zero-order valence-corrected chi connectivity index (χ0v) is 14.1. The Hall–Kier alpha value is -3.28. The number of nitrogens with zero attached hydrogens (tertiary/aromatic N) is 1. The molecule has 2 N–H and O–H groups in total. The predicted molar refractivity (Wildman–Crippen MR) is 96.0 cm³/mol. The van der Waals surface area contributed by atoms with Crippen molar-refractivity contribution < 1.29 is 19.5 Å². The third kappa shape index (κ3) is 5.10. The number of amides is 1. The Labute approximate surface area is 146 Å². The van der Waals surface area contributed by atoms with Gasteiger partial charge in [-0.1, -0.05) is 41.6 Å². The second-order valence-corrected chi connectivity index (χ2v) is 5.11. The third-order valence-corrected chi connectivity index (χ3v) is 3.38. The fourth-order valence-electron chi connectivity index (χ4n) is 2.21. The monoisotopic (exact) mass is 340 g/mol. The van der Waals surface area contributed by atoms with Crippen molar-refractivity contribution in [2.45, 2.75) is 6.61 Å². The van der Waals surface area contributed by atoms with Crippen LogP contribution in [-0.4, -0.2) is 31.4 Å². The largest absolute Gasteiger partial charge is 0.508 e. The van der Waals surface area contributed by atoms with Crippen LogP contribution < -0.4 is 5.32 Å². The van der Waals surface area contributed by atoms with Gasteiger partial charge in [-0.25, -0.2) is 0 Å². The maximum atomic E-state index is 12.0. The van der Waals surface area contributed by atoms with Crippen LogP contribution in [0.25, 0.3) is 5.57 Å². The van der Waals surface area contributed by atoms with Crippen LogP contribution in [-0.2, 0) is 21.0 Å². The highest BCUT2D eigenvalue weighted by Gasteiger charge is 2.14. The van der Waals surface area contributed by atoms with Crippen LogP contribution in [0.2, 0.25) is 0 Å². The molecule has 0 unspecified atom stereocenters. The normalized spacial score (nSPS) is 11.4. The first-order valence-corrected chi connectivity index (χ1v) is 7.63. The van der Waals surface area contributed by atoms with Crippen LogP contribution in [0.1, 0.15) is 16.7 Å².